The van der Waals surface area contributed by atoms with Crippen molar-refractivity contribution in [3.05, 3.63) is 48.1 Å². The zero-order chi connectivity index (χ0) is 12.7. The highest BCUT2D eigenvalue weighted by atomic mass is 32.1. The van der Waals surface area contributed by atoms with E-state index in [4.69, 9.17) is 28.0 Å². The lowest BCUT2D eigenvalue weighted by atomic mass is 10.1. The van der Waals surface area contributed by atoms with Crippen molar-refractivity contribution in [3.8, 4) is 11.8 Å². The fraction of sp³-hybridized carbons (Fsp3) is 0.0769. The van der Waals surface area contributed by atoms with Crippen LogP contribution in [0.4, 0.5) is 0 Å². The van der Waals surface area contributed by atoms with Gasteiger partial charge in [0.05, 0.1) is 5.57 Å². The Morgan fingerprint density at radius 2 is 2.35 bits per heavy atom. The Hall–Kier alpha value is -2.12. The SMILES string of the molecule is C=CCOc1cccc(C=C(C#N)C(N)=S)c1. The first-order chi connectivity index (χ1) is 8.17. The molecule has 0 aromatic heterocycles. The Balaban J connectivity index is 2.96. The van der Waals surface area contributed by atoms with Crippen molar-refractivity contribution in [1.82, 2.24) is 0 Å². The van der Waals surface area contributed by atoms with Crippen molar-refractivity contribution in [3.63, 3.8) is 0 Å². The van der Waals surface area contributed by atoms with E-state index in [0.29, 0.717) is 12.4 Å². The molecule has 4 heteroatoms. The topological polar surface area (TPSA) is 59.0 Å². The summed E-state index contributed by atoms with van der Waals surface area (Å²) in [4.78, 5) is 0.0879. The molecule has 0 saturated heterocycles. The molecule has 0 unspecified atom stereocenters. The molecule has 0 aliphatic carbocycles. The first kappa shape index (κ1) is 12.9. The van der Waals surface area contributed by atoms with E-state index in [1.165, 1.54) is 0 Å². The van der Waals surface area contributed by atoms with Gasteiger partial charge in [0.2, 0.25) is 0 Å². The molecule has 1 rings (SSSR count). The number of ether oxygens (including phenoxy) is 1. The van der Waals surface area contributed by atoms with Gasteiger partial charge in [-0.15, -0.1) is 0 Å². The van der Waals surface area contributed by atoms with Crippen LogP contribution in [0.2, 0.25) is 0 Å². The van der Waals surface area contributed by atoms with E-state index >= 15 is 0 Å². The van der Waals surface area contributed by atoms with E-state index < -0.39 is 0 Å². The first-order valence-electron chi connectivity index (χ1n) is 4.92. The van der Waals surface area contributed by atoms with Gasteiger partial charge in [0, 0.05) is 0 Å². The first-order valence-corrected chi connectivity index (χ1v) is 5.33. The molecule has 2 N–H and O–H groups in total. The maximum atomic E-state index is 8.84. The maximum absolute atomic E-state index is 8.84. The van der Waals surface area contributed by atoms with Gasteiger partial charge < -0.3 is 10.5 Å². The largest absolute Gasteiger partial charge is 0.490 e. The van der Waals surface area contributed by atoms with Gasteiger partial charge in [0.25, 0.3) is 0 Å². The Morgan fingerprint density at radius 1 is 1.59 bits per heavy atom. The number of benzene rings is 1. The van der Waals surface area contributed by atoms with Crippen molar-refractivity contribution in [2.45, 2.75) is 0 Å². The van der Waals surface area contributed by atoms with Gasteiger partial charge in [-0.1, -0.05) is 37.0 Å². The van der Waals surface area contributed by atoms with E-state index in [1.807, 2.05) is 24.3 Å². The van der Waals surface area contributed by atoms with Gasteiger partial charge in [-0.05, 0) is 23.8 Å². The van der Waals surface area contributed by atoms with Crippen LogP contribution in [0.3, 0.4) is 0 Å². The predicted molar refractivity (Wildman–Crippen MR) is 72.5 cm³/mol. The van der Waals surface area contributed by atoms with Crippen LogP contribution in [-0.2, 0) is 0 Å². The highest BCUT2D eigenvalue weighted by Gasteiger charge is 2.00. The van der Waals surface area contributed by atoms with Gasteiger partial charge in [-0.2, -0.15) is 5.26 Å². The van der Waals surface area contributed by atoms with Crippen molar-refractivity contribution >= 4 is 23.3 Å². The molecule has 86 valence electrons. The molecule has 0 heterocycles. The number of nitrogens with two attached hydrogens (primary N) is 1. The number of hydrogen-bond acceptors (Lipinski definition) is 3. The van der Waals surface area contributed by atoms with Crippen LogP contribution < -0.4 is 10.5 Å². The molecule has 0 aliphatic heterocycles. The molecule has 0 atom stereocenters. The Labute approximate surface area is 106 Å². The number of thiocarbonyl (C=S) groups is 1. The van der Waals surface area contributed by atoms with Gasteiger partial charge in [0.1, 0.15) is 23.4 Å². The van der Waals surface area contributed by atoms with Crippen molar-refractivity contribution < 1.29 is 4.74 Å². The fourth-order valence-electron chi connectivity index (χ4n) is 1.17. The van der Waals surface area contributed by atoms with Crippen LogP contribution in [0.25, 0.3) is 6.08 Å². The van der Waals surface area contributed by atoms with Crippen molar-refractivity contribution in [1.29, 1.82) is 5.26 Å². The minimum absolute atomic E-state index is 0.0879. The minimum Gasteiger partial charge on any atom is -0.490 e. The number of hydrogen-bond donors (Lipinski definition) is 1. The van der Waals surface area contributed by atoms with Gasteiger partial charge >= 0.3 is 0 Å². The second kappa shape index (κ2) is 6.46. The third-order valence-corrected chi connectivity index (χ3v) is 2.14. The average Bonchev–Trinajstić information content (AvgIpc) is 2.33. The smallest absolute Gasteiger partial charge is 0.120 e. The zero-order valence-corrected chi connectivity index (χ0v) is 10.0. The monoisotopic (exact) mass is 244 g/mol. The quantitative estimate of drug-likeness (QED) is 0.374. The second-order valence-electron chi connectivity index (χ2n) is 3.21. The number of rotatable bonds is 5. The lowest BCUT2D eigenvalue weighted by Crippen LogP contribution is -2.09. The Morgan fingerprint density at radius 3 is 2.94 bits per heavy atom. The molecule has 1 aromatic carbocycles. The summed E-state index contributed by atoms with van der Waals surface area (Å²) >= 11 is 4.76. The molecule has 0 spiro atoms. The van der Waals surface area contributed by atoms with E-state index in [2.05, 4.69) is 6.58 Å². The number of nitriles is 1. The Kier molecular flexibility index (Phi) is 4.92. The van der Waals surface area contributed by atoms with E-state index in [1.54, 1.807) is 18.2 Å². The van der Waals surface area contributed by atoms with Crippen molar-refractivity contribution in [2.24, 2.45) is 5.73 Å². The maximum Gasteiger partial charge on any atom is 0.120 e. The molecule has 0 saturated carbocycles. The third-order valence-electron chi connectivity index (χ3n) is 1.92. The minimum atomic E-state index is 0.0879. The highest BCUT2D eigenvalue weighted by Crippen LogP contribution is 2.15. The van der Waals surface area contributed by atoms with E-state index in [-0.39, 0.29) is 10.6 Å². The van der Waals surface area contributed by atoms with Crippen molar-refractivity contribution in [2.75, 3.05) is 6.61 Å². The third kappa shape index (κ3) is 4.09. The molecule has 0 amide bonds. The molecule has 3 nitrogen and oxygen atoms in total. The molecule has 0 radical (unpaired) electrons. The predicted octanol–water partition coefficient (Wildman–Crippen LogP) is 2.44. The van der Waals surface area contributed by atoms with E-state index in [0.717, 1.165) is 5.56 Å². The lowest BCUT2D eigenvalue weighted by Gasteiger charge is -2.04. The van der Waals surface area contributed by atoms with Crippen LogP contribution in [0.1, 0.15) is 5.56 Å². The standard InChI is InChI=1S/C13H12N2OS/c1-2-6-16-12-5-3-4-10(8-12)7-11(9-14)13(15)17/h2-5,7-8H,1,6H2,(H2,15,17). The second-order valence-corrected chi connectivity index (χ2v) is 3.65. The van der Waals surface area contributed by atoms with Crippen LogP contribution in [-0.4, -0.2) is 11.6 Å². The summed E-state index contributed by atoms with van der Waals surface area (Å²) in [5, 5.41) is 8.84. The highest BCUT2D eigenvalue weighted by molar-refractivity contribution is 7.80. The Bertz CT molecular complexity index is 500. The zero-order valence-electron chi connectivity index (χ0n) is 9.22. The summed E-state index contributed by atoms with van der Waals surface area (Å²) in [7, 11) is 0. The molecule has 0 aliphatic rings. The molecule has 0 bridgehead atoms. The summed E-state index contributed by atoms with van der Waals surface area (Å²) < 4.78 is 5.38. The van der Waals surface area contributed by atoms with Crippen LogP contribution in [0.5, 0.6) is 5.75 Å². The lowest BCUT2D eigenvalue weighted by molar-refractivity contribution is 0.363. The molecule has 1 aromatic rings. The average molecular weight is 244 g/mol. The summed E-state index contributed by atoms with van der Waals surface area (Å²) in [6, 6.07) is 9.26. The number of nitrogens with zero attached hydrogens (tertiary/aromatic N) is 1. The van der Waals surface area contributed by atoms with E-state index in [9.17, 15) is 0 Å². The van der Waals surface area contributed by atoms with Crippen LogP contribution >= 0.6 is 12.2 Å². The van der Waals surface area contributed by atoms with Crippen LogP contribution in [0.15, 0.2) is 42.5 Å². The molecule has 17 heavy (non-hydrogen) atoms. The normalized spacial score (nSPS) is 10.4. The summed E-state index contributed by atoms with van der Waals surface area (Å²) in [6.45, 7) is 4.01. The van der Waals surface area contributed by atoms with Gasteiger partial charge in [-0.3, -0.25) is 0 Å². The molecule has 0 fully saturated rings. The van der Waals surface area contributed by atoms with Gasteiger partial charge in [-0.25, -0.2) is 0 Å². The van der Waals surface area contributed by atoms with Crippen LogP contribution in [0, 0.1) is 11.3 Å². The summed E-state index contributed by atoms with van der Waals surface area (Å²) in [5.74, 6) is 0.707. The molecular weight excluding hydrogens is 232 g/mol. The molecular formula is C13H12N2OS. The summed E-state index contributed by atoms with van der Waals surface area (Å²) in [6.07, 6.45) is 3.29. The fourth-order valence-corrected chi connectivity index (χ4v) is 1.28. The summed E-state index contributed by atoms with van der Waals surface area (Å²) in [5.41, 5.74) is 6.50. The van der Waals surface area contributed by atoms with Gasteiger partial charge in [0.15, 0.2) is 0 Å².